The first-order valence-electron chi connectivity index (χ1n) is 8.40. The van der Waals surface area contributed by atoms with Gasteiger partial charge < -0.3 is 5.32 Å². The van der Waals surface area contributed by atoms with Crippen LogP contribution < -0.4 is 5.32 Å². The van der Waals surface area contributed by atoms with Crippen LogP contribution in [0.15, 0.2) is 0 Å². The Morgan fingerprint density at radius 2 is 1.56 bits per heavy atom. The smallest absolute Gasteiger partial charge is 0.0118 e. The Hall–Kier alpha value is -0.0400. The summed E-state index contributed by atoms with van der Waals surface area (Å²) >= 11 is 0. The average molecular weight is 251 g/mol. The minimum atomic E-state index is 0.791. The lowest BCUT2D eigenvalue weighted by atomic mass is 9.78. The van der Waals surface area contributed by atoms with Crippen LogP contribution in [0.25, 0.3) is 0 Å². The molecule has 2 saturated carbocycles. The Labute approximate surface area is 114 Å². The van der Waals surface area contributed by atoms with Crippen molar-refractivity contribution in [3.8, 4) is 0 Å². The molecule has 2 aliphatic carbocycles. The maximum atomic E-state index is 3.88. The number of rotatable bonds is 4. The molecule has 0 aliphatic heterocycles. The predicted octanol–water partition coefficient (Wildman–Crippen LogP) is 4.62. The van der Waals surface area contributed by atoms with Gasteiger partial charge in [-0.25, -0.2) is 0 Å². The second-order valence-electron chi connectivity index (χ2n) is 7.29. The standard InChI is InChI=1S/C17H33N/c1-13-6-4-9-16(12-13)10-11-18-17-14(2)7-5-8-15(17)3/h13-18H,4-12H2,1-3H3. The minimum Gasteiger partial charge on any atom is -0.313 e. The second kappa shape index (κ2) is 6.93. The molecule has 106 valence electrons. The van der Waals surface area contributed by atoms with Gasteiger partial charge in [-0.05, 0) is 55.9 Å². The summed E-state index contributed by atoms with van der Waals surface area (Å²) in [6.45, 7) is 8.58. The summed E-state index contributed by atoms with van der Waals surface area (Å²) in [4.78, 5) is 0. The zero-order valence-corrected chi connectivity index (χ0v) is 12.8. The van der Waals surface area contributed by atoms with E-state index in [1.54, 1.807) is 0 Å². The molecule has 4 unspecified atom stereocenters. The van der Waals surface area contributed by atoms with Crippen molar-refractivity contribution in [2.24, 2.45) is 23.7 Å². The monoisotopic (exact) mass is 251 g/mol. The molecule has 0 aromatic carbocycles. The first-order chi connectivity index (χ1) is 8.66. The number of hydrogen-bond donors (Lipinski definition) is 1. The van der Waals surface area contributed by atoms with Crippen molar-refractivity contribution in [1.29, 1.82) is 0 Å². The molecule has 0 heterocycles. The number of hydrogen-bond acceptors (Lipinski definition) is 1. The van der Waals surface area contributed by atoms with Gasteiger partial charge in [-0.1, -0.05) is 46.5 Å². The van der Waals surface area contributed by atoms with Gasteiger partial charge in [0.2, 0.25) is 0 Å². The van der Waals surface area contributed by atoms with Crippen molar-refractivity contribution in [3.63, 3.8) is 0 Å². The van der Waals surface area contributed by atoms with Crippen molar-refractivity contribution in [2.75, 3.05) is 6.54 Å². The molecule has 0 aromatic rings. The van der Waals surface area contributed by atoms with E-state index in [4.69, 9.17) is 0 Å². The lowest BCUT2D eigenvalue weighted by Gasteiger charge is -2.36. The van der Waals surface area contributed by atoms with Crippen LogP contribution in [0.1, 0.15) is 72.1 Å². The lowest BCUT2D eigenvalue weighted by molar-refractivity contribution is 0.198. The third kappa shape index (κ3) is 3.98. The highest BCUT2D eigenvalue weighted by atomic mass is 14.9. The van der Waals surface area contributed by atoms with Crippen LogP contribution in [0.4, 0.5) is 0 Å². The van der Waals surface area contributed by atoms with Gasteiger partial charge in [0.15, 0.2) is 0 Å². The van der Waals surface area contributed by atoms with E-state index in [-0.39, 0.29) is 0 Å². The fourth-order valence-electron chi connectivity index (χ4n) is 4.36. The maximum absolute atomic E-state index is 3.88. The van der Waals surface area contributed by atoms with Gasteiger partial charge >= 0.3 is 0 Å². The van der Waals surface area contributed by atoms with Crippen LogP contribution in [0.3, 0.4) is 0 Å². The molecule has 4 atom stereocenters. The molecule has 0 spiro atoms. The van der Waals surface area contributed by atoms with Crippen molar-refractivity contribution in [2.45, 2.75) is 78.2 Å². The molecule has 1 N–H and O–H groups in total. The Bertz CT molecular complexity index is 228. The molecular weight excluding hydrogens is 218 g/mol. The van der Waals surface area contributed by atoms with E-state index < -0.39 is 0 Å². The van der Waals surface area contributed by atoms with Gasteiger partial charge in [-0.15, -0.1) is 0 Å². The summed E-state index contributed by atoms with van der Waals surface area (Å²) < 4.78 is 0. The van der Waals surface area contributed by atoms with Crippen LogP contribution in [-0.2, 0) is 0 Å². The fraction of sp³-hybridized carbons (Fsp3) is 1.00. The molecule has 0 amide bonds. The van der Waals surface area contributed by atoms with E-state index in [1.807, 2.05) is 0 Å². The zero-order valence-electron chi connectivity index (χ0n) is 12.8. The molecule has 1 nitrogen and oxygen atoms in total. The fourth-order valence-corrected chi connectivity index (χ4v) is 4.36. The van der Waals surface area contributed by atoms with Crippen molar-refractivity contribution < 1.29 is 0 Å². The molecule has 0 aromatic heterocycles. The summed E-state index contributed by atoms with van der Waals surface area (Å²) in [6.07, 6.45) is 11.6. The van der Waals surface area contributed by atoms with Crippen molar-refractivity contribution >= 4 is 0 Å². The molecule has 0 saturated heterocycles. The molecule has 0 radical (unpaired) electrons. The van der Waals surface area contributed by atoms with Gasteiger partial charge in [0.1, 0.15) is 0 Å². The van der Waals surface area contributed by atoms with E-state index in [0.29, 0.717) is 0 Å². The summed E-state index contributed by atoms with van der Waals surface area (Å²) in [5.74, 6) is 3.77. The largest absolute Gasteiger partial charge is 0.313 e. The summed E-state index contributed by atoms with van der Waals surface area (Å²) in [5, 5.41) is 3.88. The van der Waals surface area contributed by atoms with Crippen LogP contribution in [0, 0.1) is 23.7 Å². The first-order valence-corrected chi connectivity index (χ1v) is 8.40. The molecular formula is C17H33N. The average Bonchev–Trinajstić information content (AvgIpc) is 2.33. The van der Waals surface area contributed by atoms with Crippen LogP contribution in [0.2, 0.25) is 0 Å². The zero-order chi connectivity index (χ0) is 13.0. The first kappa shape index (κ1) is 14.4. The molecule has 0 bridgehead atoms. The van der Waals surface area contributed by atoms with Crippen LogP contribution in [0.5, 0.6) is 0 Å². The van der Waals surface area contributed by atoms with Gasteiger partial charge in [0, 0.05) is 6.04 Å². The Balaban J connectivity index is 1.67. The number of nitrogens with one attached hydrogen (secondary N) is 1. The Kier molecular flexibility index (Phi) is 5.54. The predicted molar refractivity (Wildman–Crippen MR) is 79.7 cm³/mol. The summed E-state index contributed by atoms with van der Waals surface area (Å²) in [6, 6.07) is 0.791. The Morgan fingerprint density at radius 3 is 2.22 bits per heavy atom. The normalized spacial score (nSPS) is 41.8. The summed E-state index contributed by atoms with van der Waals surface area (Å²) in [7, 11) is 0. The summed E-state index contributed by atoms with van der Waals surface area (Å²) in [5.41, 5.74) is 0. The van der Waals surface area contributed by atoms with Crippen molar-refractivity contribution in [3.05, 3.63) is 0 Å². The molecule has 18 heavy (non-hydrogen) atoms. The highest BCUT2D eigenvalue weighted by Gasteiger charge is 2.27. The SMILES string of the molecule is CC1CCCC(CCNC2C(C)CCCC2C)C1. The third-order valence-electron chi connectivity index (χ3n) is 5.52. The highest BCUT2D eigenvalue weighted by Crippen LogP contribution is 2.31. The van der Waals surface area contributed by atoms with E-state index >= 15 is 0 Å². The Morgan fingerprint density at radius 1 is 0.889 bits per heavy atom. The van der Waals surface area contributed by atoms with E-state index in [1.165, 1.54) is 57.9 Å². The molecule has 2 aliphatic rings. The van der Waals surface area contributed by atoms with Gasteiger partial charge in [0.05, 0.1) is 0 Å². The lowest BCUT2D eigenvalue weighted by Crippen LogP contribution is -2.43. The second-order valence-corrected chi connectivity index (χ2v) is 7.29. The van der Waals surface area contributed by atoms with Crippen molar-refractivity contribution in [1.82, 2.24) is 5.32 Å². The molecule has 2 fully saturated rings. The highest BCUT2D eigenvalue weighted by molar-refractivity contribution is 4.83. The molecule has 2 rings (SSSR count). The third-order valence-corrected chi connectivity index (χ3v) is 5.52. The van der Waals surface area contributed by atoms with Gasteiger partial charge in [-0.2, -0.15) is 0 Å². The van der Waals surface area contributed by atoms with Crippen LogP contribution >= 0.6 is 0 Å². The topological polar surface area (TPSA) is 12.0 Å². The van der Waals surface area contributed by atoms with E-state index in [0.717, 1.165) is 29.7 Å². The van der Waals surface area contributed by atoms with Crippen LogP contribution in [-0.4, -0.2) is 12.6 Å². The minimum absolute atomic E-state index is 0.791. The quantitative estimate of drug-likeness (QED) is 0.769. The van der Waals surface area contributed by atoms with Gasteiger partial charge in [0.25, 0.3) is 0 Å². The van der Waals surface area contributed by atoms with E-state index in [9.17, 15) is 0 Å². The maximum Gasteiger partial charge on any atom is 0.0118 e. The van der Waals surface area contributed by atoms with Gasteiger partial charge in [-0.3, -0.25) is 0 Å². The van der Waals surface area contributed by atoms with E-state index in [2.05, 4.69) is 26.1 Å². The molecule has 1 heteroatoms.